The van der Waals surface area contributed by atoms with E-state index in [2.05, 4.69) is 40.1 Å². The normalized spacial score (nSPS) is 20.0. The van der Waals surface area contributed by atoms with Crippen molar-refractivity contribution in [3.05, 3.63) is 29.6 Å². The van der Waals surface area contributed by atoms with Gasteiger partial charge in [-0.25, -0.2) is 4.98 Å². The minimum atomic E-state index is 0.495. The van der Waals surface area contributed by atoms with E-state index in [0.29, 0.717) is 6.04 Å². The zero-order valence-electron chi connectivity index (χ0n) is 11.6. The van der Waals surface area contributed by atoms with Crippen molar-refractivity contribution < 1.29 is 4.74 Å². The van der Waals surface area contributed by atoms with Gasteiger partial charge in [0.1, 0.15) is 5.82 Å². The summed E-state index contributed by atoms with van der Waals surface area (Å²) in [6, 6.07) is 7.01. The van der Waals surface area contributed by atoms with E-state index < -0.39 is 0 Å². The number of nitrogens with zero attached hydrogens (tertiary/aromatic N) is 2. The molecular weight excluding hydrogens is 238 g/mol. The summed E-state index contributed by atoms with van der Waals surface area (Å²) in [6.07, 6.45) is 2.38. The van der Waals surface area contributed by atoms with Crippen LogP contribution in [0.1, 0.15) is 24.2 Å². The molecule has 0 amide bonds. The molecule has 0 radical (unpaired) electrons. The van der Waals surface area contributed by atoms with Crippen molar-refractivity contribution in [2.75, 3.05) is 13.2 Å². The number of hydrogen-bond donors (Lipinski definition) is 1. The zero-order valence-corrected chi connectivity index (χ0v) is 11.6. The highest BCUT2D eigenvalue weighted by Crippen LogP contribution is 2.16. The summed E-state index contributed by atoms with van der Waals surface area (Å²) in [6.45, 7) is 4.68. The van der Waals surface area contributed by atoms with E-state index in [9.17, 15) is 0 Å². The van der Waals surface area contributed by atoms with Crippen molar-refractivity contribution in [2.45, 2.75) is 32.4 Å². The van der Waals surface area contributed by atoms with Gasteiger partial charge in [-0.15, -0.1) is 0 Å². The molecule has 1 saturated heterocycles. The van der Waals surface area contributed by atoms with Crippen LogP contribution in [-0.4, -0.2) is 28.8 Å². The lowest BCUT2D eigenvalue weighted by Crippen LogP contribution is -2.36. The molecule has 1 aliphatic rings. The Hall–Kier alpha value is -1.39. The Morgan fingerprint density at radius 2 is 2.37 bits per heavy atom. The molecule has 0 unspecified atom stereocenters. The van der Waals surface area contributed by atoms with E-state index >= 15 is 0 Å². The molecule has 4 nitrogen and oxygen atoms in total. The molecule has 0 saturated carbocycles. The smallest absolute Gasteiger partial charge is 0.106 e. The fraction of sp³-hybridized carbons (Fsp3) is 0.533. The highest BCUT2D eigenvalue weighted by Gasteiger charge is 2.13. The van der Waals surface area contributed by atoms with E-state index in [4.69, 9.17) is 4.74 Å². The van der Waals surface area contributed by atoms with E-state index in [1.807, 2.05) is 6.92 Å². The third kappa shape index (κ3) is 2.65. The van der Waals surface area contributed by atoms with E-state index in [0.717, 1.165) is 37.5 Å². The molecule has 4 heteroatoms. The van der Waals surface area contributed by atoms with Gasteiger partial charge in [-0.05, 0) is 37.5 Å². The third-order valence-corrected chi connectivity index (χ3v) is 3.92. The van der Waals surface area contributed by atoms with Crippen LogP contribution < -0.4 is 5.32 Å². The lowest BCUT2D eigenvalue weighted by Gasteiger charge is -2.23. The van der Waals surface area contributed by atoms with Crippen molar-refractivity contribution in [2.24, 2.45) is 7.05 Å². The number of fused-ring (bicyclic) bond motifs is 1. The Balaban J connectivity index is 1.70. The molecule has 1 N–H and O–H groups in total. The van der Waals surface area contributed by atoms with Crippen molar-refractivity contribution >= 4 is 11.0 Å². The van der Waals surface area contributed by atoms with Gasteiger partial charge in [0.15, 0.2) is 0 Å². The molecule has 0 bridgehead atoms. The summed E-state index contributed by atoms with van der Waals surface area (Å²) < 4.78 is 7.61. The monoisotopic (exact) mass is 259 g/mol. The summed E-state index contributed by atoms with van der Waals surface area (Å²) in [4.78, 5) is 4.58. The number of benzene rings is 1. The Bertz CT molecular complexity index is 570. The Kier molecular flexibility index (Phi) is 3.53. The van der Waals surface area contributed by atoms with Gasteiger partial charge < -0.3 is 14.6 Å². The summed E-state index contributed by atoms with van der Waals surface area (Å²) in [5.41, 5.74) is 3.57. The number of rotatable bonds is 3. The number of imidazole rings is 1. The molecule has 3 rings (SSSR count). The maximum absolute atomic E-state index is 5.48. The lowest BCUT2D eigenvalue weighted by atomic mass is 10.1. The Labute approximate surface area is 113 Å². The molecule has 0 aliphatic carbocycles. The standard InChI is InChI=1S/C15H21N3O/c1-11-17-14-8-12(5-6-15(14)18(11)2)9-16-13-4-3-7-19-10-13/h5-6,8,13,16H,3-4,7,9-10H2,1-2H3/t13-/m0/s1. The van der Waals surface area contributed by atoms with Crippen molar-refractivity contribution in [3.63, 3.8) is 0 Å². The summed E-state index contributed by atoms with van der Waals surface area (Å²) >= 11 is 0. The van der Waals surface area contributed by atoms with Crippen molar-refractivity contribution in [1.82, 2.24) is 14.9 Å². The Morgan fingerprint density at radius 3 is 3.16 bits per heavy atom. The molecule has 1 aromatic carbocycles. The molecule has 19 heavy (non-hydrogen) atoms. The molecule has 2 aromatic rings. The first-order chi connectivity index (χ1) is 9.24. The van der Waals surface area contributed by atoms with Crippen molar-refractivity contribution in [1.29, 1.82) is 0 Å². The van der Waals surface area contributed by atoms with Crippen LogP contribution >= 0.6 is 0 Å². The fourth-order valence-electron chi connectivity index (χ4n) is 2.64. The van der Waals surface area contributed by atoms with Gasteiger partial charge in [-0.1, -0.05) is 6.07 Å². The average Bonchev–Trinajstić information content (AvgIpc) is 2.73. The minimum Gasteiger partial charge on any atom is -0.380 e. The first-order valence-corrected chi connectivity index (χ1v) is 6.97. The summed E-state index contributed by atoms with van der Waals surface area (Å²) in [5.74, 6) is 1.06. The average molecular weight is 259 g/mol. The van der Waals surface area contributed by atoms with E-state index in [1.165, 1.54) is 17.5 Å². The number of ether oxygens (including phenoxy) is 1. The maximum Gasteiger partial charge on any atom is 0.106 e. The number of aromatic nitrogens is 2. The second-order valence-electron chi connectivity index (χ2n) is 5.34. The van der Waals surface area contributed by atoms with Gasteiger partial charge in [-0.3, -0.25) is 0 Å². The van der Waals surface area contributed by atoms with Gasteiger partial charge in [0.05, 0.1) is 17.6 Å². The molecule has 2 heterocycles. The predicted octanol–water partition coefficient (Wildman–Crippen LogP) is 2.15. The third-order valence-electron chi connectivity index (χ3n) is 3.92. The summed E-state index contributed by atoms with van der Waals surface area (Å²) in [5, 5.41) is 3.56. The second kappa shape index (κ2) is 5.31. The second-order valence-corrected chi connectivity index (χ2v) is 5.34. The molecule has 1 atom stereocenters. The molecular formula is C15H21N3O. The molecule has 1 fully saturated rings. The number of nitrogens with one attached hydrogen (secondary N) is 1. The minimum absolute atomic E-state index is 0.495. The van der Waals surface area contributed by atoms with E-state index in [-0.39, 0.29) is 0 Å². The van der Waals surface area contributed by atoms with Gasteiger partial charge in [0.25, 0.3) is 0 Å². The van der Waals surface area contributed by atoms with Gasteiger partial charge in [0, 0.05) is 26.2 Å². The first-order valence-electron chi connectivity index (χ1n) is 6.97. The molecule has 0 spiro atoms. The predicted molar refractivity (Wildman–Crippen MR) is 76.1 cm³/mol. The van der Waals surface area contributed by atoms with Crippen LogP contribution in [-0.2, 0) is 18.3 Å². The number of hydrogen-bond acceptors (Lipinski definition) is 3. The van der Waals surface area contributed by atoms with Crippen LogP contribution in [0.4, 0.5) is 0 Å². The fourth-order valence-corrected chi connectivity index (χ4v) is 2.64. The largest absolute Gasteiger partial charge is 0.380 e. The zero-order chi connectivity index (χ0) is 13.2. The SMILES string of the molecule is Cc1nc2cc(CN[C@H]3CCCOC3)ccc2n1C. The molecule has 1 aliphatic heterocycles. The first kappa shape index (κ1) is 12.6. The summed E-state index contributed by atoms with van der Waals surface area (Å²) in [7, 11) is 2.06. The van der Waals surface area contributed by atoms with Crippen LogP contribution in [0.2, 0.25) is 0 Å². The van der Waals surface area contributed by atoms with Crippen LogP contribution in [0.3, 0.4) is 0 Å². The molecule has 102 valence electrons. The van der Waals surface area contributed by atoms with Gasteiger partial charge in [0.2, 0.25) is 0 Å². The van der Waals surface area contributed by atoms with Crippen LogP contribution in [0.5, 0.6) is 0 Å². The van der Waals surface area contributed by atoms with Crippen LogP contribution in [0.25, 0.3) is 11.0 Å². The topological polar surface area (TPSA) is 39.1 Å². The van der Waals surface area contributed by atoms with E-state index in [1.54, 1.807) is 0 Å². The quantitative estimate of drug-likeness (QED) is 0.918. The number of aryl methyl sites for hydroxylation is 2. The molecule has 1 aromatic heterocycles. The lowest BCUT2D eigenvalue weighted by molar-refractivity contribution is 0.0699. The van der Waals surface area contributed by atoms with Gasteiger partial charge >= 0.3 is 0 Å². The highest BCUT2D eigenvalue weighted by molar-refractivity contribution is 5.76. The maximum atomic E-state index is 5.48. The van der Waals surface area contributed by atoms with Gasteiger partial charge in [-0.2, -0.15) is 0 Å². The van der Waals surface area contributed by atoms with Crippen LogP contribution in [0.15, 0.2) is 18.2 Å². The highest BCUT2D eigenvalue weighted by atomic mass is 16.5. The Morgan fingerprint density at radius 1 is 1.47 bits per heavy atom. The van der Waals surface area contributed by atoms with Crippen LogP contribution in [0, 0.1) is 6.92 Å². The van der Waals surface area contributed by atoms with Crippen molar-refractivity contribution in [3.8, 4) is 0 Å².